The van der Waals surface area contributed by atoms with Gasteiger partial charge in [-0.3, -0.25) is 4.99 Å². The molecule has 2 unspecified atom stereocenters. The van der Waals surface area contributed by atoms with Gasteiger partial charge >= 0.3 is 0 Å². The number of thioether (sulfide) groups is 1. The topological polar surface area (TPSA) is 24.4 Å². The average Bonchev–Trinajstić information content (AvgIpc) is 2.80. The van der Waals surface area contributed by atoms with Crippen LogP contribution in [0.3, 0.4) is 0 Å². The molecule has 0 saturated heterocycles. The molecule has 0 radical (unpaired) electrons. The van der Waals surface area contributed by atoms with E-state index < -0.39 is 0 Å². The van der Waals surface area contributed by atoms with E-state index >= 15 is 0 Å². The molecular formula is C14H17ClN2S. The number of rotatable bonds is 1. The summed E-state index contributed by atoms with van der Waals surface area (Å²) in [6, 6.07) is 6.49. The number of amidine groups is 1. The number of nitrogens with one attached hydrogen (secondary N) is 1. The molecule has 2 aliphatic rings. The summed E-state index contributed by atoms with van der Waals surface area (Å²) in [5, 5.41) is 5.30. The van der Waals surface area contributed by atoms with Crippen molar-refractivity contribution in [2.75, 3.05) is 11.1 Å². The third-order valence-corrected chi connectivity index (χ3v) is 5.08. The van der Waals surface area contributed by atoms with Gasteiger partial charge < -0.3 is 5.32 Å². The highest BCUT2D eigenvalue weighted by Crippen LogP contribution is 2.36. The van der Waals surface area contributed by atoms with Gasteiger partial charge in [0.1, 0.15) is 0 Å². The fraction of sp³-hybridized carbons (Fsp3) is 0.500. The lowest BCUT2D eigenvalue weighted by atomic mass is 10.1. The Balaban J connectivity index is 1.76. The van der Waals surface area contributed by atoms with E-state index in [4.69, 9.17) is 16.6 Å². The molecular weight excluding hydrogens is 264 g/mol. The van der Waals surface area contributed by atoms with Crippen LogP contribution in [0.2, 0.25) is 5.02 Å². The fourth-order valence-corrected chi connectivity index (χ4v) is 4.09. The molecule has 4 heteroatoms. The first kappa shape index (κ1) is 12.4. The van der Waals surface area contributed by atoms with Gasteiger partial charge in [0, 0.05) is 16.5 Å². The number of aliphatic imine (C=N–C) groups is 1. The molecule has 1 N–H and O–H groups in total. The second-order valence-electron chi connectivity index (χ2n) is 5.09. The van der Waals surface area contributed by atoms with Gasteiger partial charge in [-0.1, -0.05) is 29.8 Å². The number of fused-ring (bicyclic) bond motifs is 1. The molecule has 0 amide bonds. The minimum atomic E-state index is 0.557. The van der Waals surface area contributed by atoms with Crippen molar-refractivity contribution in [2.45, 2.75) is 32.2 Å². The third-order valence-electron chi connectivity index (χ3n) is 3.77. The van der Waals surface area contributed by atoms with Crippen molar-refractivity contribution in [1.82, 2.24) is 0 Å². The normalized spacial score (nSPS) is 26.7. The highest BCUT2D eigenvalue weighted by molar-refractivity contribution is 8.14. The molecule has 2 nitrogen and oxygen atoms in total. The second kappa shape index (κ2) is 5.14. The molecule has 1 saturated carbocycles. The Hall–Kier alpha value is -0.670. The van der Waals surface area contributed by atoms with Gasteiger partial charge in [0.05, 0.1) is 6.04 Å². The lowest BCUT2D eigenvalue weighted by Crippen LogP contribution is -2.25. The SMILES string of the molecule is Cc1cc(Cl)ccc1NC1=NC2CCCC2CS1. The Morgan fingerprint density at radius 3 is 3.11 bits per heavy atom. The smallest absolute Gasteiger partial charge is 0.161 e. The number of hydrogen-bond donors (Lipinski definition) is 1. The van der Waals surface area contributed by atoms with Gasteiger partial charge in [-0.05, 0) is 49.4 Å². The summed E-state index contributed by atoms with van der Waals surface area (Å²) >= 11 is 7.82. The molecule has 0 bridgehead atoms. The first-order valence-corrected chi connectivity index (χ1v) is 7.82. The summed E-state index contributed by atoms with van der Waals surface area (Å²) in [6.07, 6.45) is 3.96. The third kappa shape index (κ3) is 2.52. The number of anilines is 1. The summed E-state index contributed by atoms with van der Waals surface area (Å²) in [7, 11) is 0. The van der Waals surface area contributed by atoms with Crippen LogP contribution in [0.15, 0.2) is 23.2 Å². The van der Waals surface area contributed by atoms with E-state index in [-0.39, 0.29) is 0 Å². The summed E-state index contributed by atoms with van der Waals surface area (Å²) in [4.78, 5) is 4.84. The van der Waals surface area contributed by atoms with Crippen molar-refractivity contribution in [1.29, 1.82) is 0 Å². The molecule has 3 rings (SSSR count). The Morgan fingerprint density at radius 1 is 1.39 bits per heavy atom. The second-order valence-corrected chi connectivity index (χ2v) is 6.53. The van der Waals surface area contributed by atoms with Crippen molar-refractivity contribution < 1.29 is 0 Å². The summed E-state index contributed by atoms with van der Waals surface area (Å²) in [5.41, 5.74) is 2.28. The molecule has 2 atom stereocenters. The minimum Gasteiger partial charge on any atom is -0.335 e. The van der Waals surface area contributed by atoms with Crippen molar-refractivity contribution in [3.8, 4) is 0 Å². The van der Waals surface area contributed by atoms with E-state index in [2.05, 4.69) is 12.2 Å². The minimum absolute atomic E-state index is 0.557. The first-order chi connectivity index (χ1) is 8.72. The van der Waals surface area contributed by atoms with E-state index in [0.29, 0.717) is 6.04 Å². The molecule has 1 aromatic carbocycles. The summed E-state index contributed by atoms with van der Waals surface area (Å²) < 4.78 is 0. The fourth-order valence-electron chi connectivity index (χ4n) is 2.71. The summed E-state index contributed by atoms with van der Waals surface area (Å²) in [5.74, 6) is 2.02. The van der Waals surface area contributed by atoms with Gasteiger partial charge in [0.2, 0.25) is 0 Å². The van der Waals surface area contributed by atoms with Crippen LogP contribution >= 0.6 is 23.4 Å². The van der Waals surface area contributed by atoms with E-state index in [0.717, 1.165) is 21.8 Å². The standard InChI is InChI=1S/C14H17ClN2S/c1-9-7-11(15)5-6-12(9)16-14-17-13-4-2-3-10(13)8-18-14/h5-7,10,13H,2-4,8H2,1H3,(H,16,17). The molecule has 96 valence electrons. The molecule has 1 heterocycles. The van der Waals surface area contributed by atoms with E-state index in [1.807, 2.05) is 30.0 Å². The first-order valence-electron chi connectivity index (χ1n) is 6.46. The maximum atomic E-state index is 5.97. The van der Waals surface area contributed by atoms with Gasteiger partial charge in [-0.25, -0.2) is 0 Å². The lowest BCUT2D eigenvalue weighted by Gasteiger charge is -2.24. The molecule has 1 fully saturated rings. The van der Waals surface area contributed by atoms with Crippen LogP contribution < -0.4 is 5.32 Å². The highest BCUT2D eigenvalue weighted by atomic mass is 35.5. The predicted molar refractivity (Wildman–Crippen MR) is 80.8 cm³/mol. The van der Waals surface area contributed by atoms with Crippen molar-refractivity contribution >= 4 is 34.2 Å². The van der Waals surface area contributed by atoms with Gasteiger partial charge in [0.25, 0.3) is 0 Å². The Labute approximate surface area is 117 Å². The van der Waals surface area contributed by atoms with Gasteiger partial charge in [-0.2, -0.15) is 0 Å². The Kier molecular flexibility index (Phi) is 3.53. The predicted octanol–water partition coefficient (Wildman–Crippen LogP) is 4.33. The van der Waals surface area contributed by atoms with Gasteiger partial charge in [-0.15, -0.1) is 0 Å². The quantitative estimate of drug-likeness (QED) is 0.828. The van der Waals surface area contributed by atoms with Crippen LogP contribution in [0, 0.1) is 12.8 Å². The number of benzene rings is 1. The zero-order chi connectivity index (χ0) is 12.5. The van der Waals surface area contributed by atoms with Crippen LogP contribution in [0.1, 0.15) is 24.8 Å². The van der Waals surface area contributed by atoms with E-state index in [9.17, 15) is 0 Å². The number of nitrogens with zero attached hydrogens (tertiary/aromatic N) is 1. The van der Waals surface area contributed by atoms with Crippen LogP contribution in [0.25, 0.3) is 0 Å². The van der Waals surface area contributed by atoms with E-state index in [1.54, 1.807) is 0 Å². The molecule has 1 aromatic rings. The van der Waals surface area contributed by atoms with E-state index in [1.165, 1.54) is 30.6 Å². The van der Waals surface area contributed by atoms with Crippen LogP contribution in [0.5, 0.6) is 0 Å². The number of hydrogen-bond acceptors (Lipinski definition) is 3. The van der Waals surface area contributed by atoms with Crippen LogP contribution in [-0.2, 0) is 0 Å². The molecule has 0 spiro atoms. The molecule has 0 aromatic heterocycles. The van der Waals surface area contributed by atoms with Crippen molar-refractivity contribution in [2.24, 2.45) is 10.9 Å². The van der Waals surface area contributed by atoms with Crippen LogP contribution in [-0.4, -0.2) is 17.0 Å². The average molecular weight is 281 g/mol. The van der Waals surface area contributed by atoms with Gasteiger partial charge in [0.15, 0.2) is 5.17 Å². The Bertz CT molecular complexity index is 487. The van der Waals surface area contributed by atoms with Crippen LogP contribution in [0.4, 0.5) is 5.69 Å². The maximum Gasteiger partial charge on any atom is 0.161 e. The number of aryl methyl sites for hydroxylation is 1. The summed E-state index contributed by atoms with van der Waals surface area (Å²) in [6.45, 7) is 2.07. The number of halogens is 1. The maximum absolute atomic E-state index is 5.97. The highest BCUT2D eigenvalue weighted by Gasteiger charge is 2.30. The molecule has 18 heavy (non-hydrogen) atoms. The van der Waals surface area contributed by atoms with Crippen molar-refractivity contribution in [3.05, 3.63) is 28.8 Å². The molecule has 1 aliphatic heterocycles. The zero-order valence-electron chi connectivity index (χ0n) is 10.4. The largest absolute Gasteiger partial charge is 0.335 e. The monoisotopic (exact) mass is 280 g/mol. The Morgan fingerprint density at radius 2 is 2.28 bits per heavy atom. The lowest BCUT2D eigenvalue weighted by molar-refractivity contribution is 0.535. The zero-order valence-corrected chi connectivity index (χ0v) is 12.0. The van der Waals surface area contributed by atoms with Crippen molar-refractivity contribution in [3.63, 3.8) is 0 Å². The molecule has 1 aliphatic carbocycles.